The number of nitrogens with two attached hydrogens (primary N) is 1. The number of carboxylic acids is 1. The first kappa shape index (κ1) is 23.9. The van der Waals surface area contributed by atoms with E-state index in [9.17, 15) is 19.5 Å². The second-order valence-electron chi connectivity index (χ2n) is 7.11. The number of halogens is 1. The van der Waals surface area contributed by atoms with E-state index in [4.69, 9.17) is 22.2 Å². The predicted molar refractivity (Wildman–Crippen MR) is 121 cm³/mol. The number of rotatable bonds is 8. The fourth-order valence-electron chi connectivity index (χ4n) is 3.46. The molecular weight excluding hydrogens is 506 g/mol. The van der Waals surface area contributed by atoms with Crippen molar-refractivity contribution < 1.29 is 28.9 Å². The summed E-state index contributed by atoms with van der Waals surface area (Å²) in [5.74, 6) is -2.52. The van der Waals surface area contributed by atoms with Gasteiger partial charge in [-0.1, -0.05) is 16.8 Å². The largest absolute Gasteiger partial charge is 0.543 e. The van der Waals surface area contributed by atoms with E-state index < -0.39 is 29.2 Å². The topological polar surface area (TPSA) is 167 Å². The van der Waals surface area contributed by atoms with E-state index in [0.717, 1.165) is 16.4 Å². The highest BCUT2D eigenvalue weighted by Crippen LogP contribution is 2.40. The van der Waals surface area contributed by atoms with Crippen molar-refractivity contribution >= 4 is 63.5 Å². The number of carbonyl (C=O) groups excluding carboxylic acids is 3. The second-order valence-corrected chi connectivity index (χ2v) is 9.43. The van der Waals surface area contributed by atoms with Crippen LogP contribution in [0.4, 0.5) is 5.13 Å². The van der Waals surface area contributed by atoms with E-state index in [1.807, 2.05) is 0 Å². The Hall–Kier alpha value is -3.23. The Balaban J connectivity index is 1.53. The number of carbonyl (C=O) groups is 3. The summed E-state index contributed by atoms with van der Waals surface area (Å²) in [5.41, 5.74) is 5.64. The lowest BCUT2D eigenvalue weighted by Crippen LogP contribution is -2.71. The summed E-state index contributed by atoms with van der Waals surface area (Å²) in [4.78, 5) is 47.8. The van der Waals surface area contributed by atoms with Crippen LogP contribution in [-0.2, 0) is 25.8 Å². The van der Waals surface area contributed by atoms with Crippen LogP contribution in [0, 0.1) is 0 Å². The Kier molecular flexibility index (Phi) is 7.00. The third-order valence-electron chi connectivity index (χ3n) is 4.88. The van der Waals surface area contributed by atoms with Gasteiger partial charge < -0.3 is 25.8 Å². The van der Waals surface area contributed by atoms with Crippen LogP contribution in [0.25, 0.3) is 0 Å². The van der Waals surface area contributed by atoms with E-state index in [2.05, 4.69) is 19.8 Å². The number of nitrogen functional groups attached to an aromatic ring is 1. The third kappa shape index (κ3) is 4.69. The molecule has 0 radical (unpaired) electrons. The number of oxime groups is 1. The number of hydrogen-bond acceptors (Lipinski definition) is 11. The number of thioether (sulfide) groups is 1. The van der Waals surface area contributed by atoms with Crippen LogP contribution in [0.15, 0.2) is 41.0 Å². The van der Waals surface area contributed by atoms with Gasteiger partial charge in [0.2, 0.25) is 11.5 Å². The number of nitrogens with zero attached hydrogens (tertiary/aromatic N) is 5. The predicted octanol–water partition coefficient (Wildman–Crippen LogP) is -1.09. The Bertz CT molecular complexity index is 1220. The average Bonchev–Trinajstić information content (AvgIpc) is 3.23. The van der Waals surface area contributed by atoms with Crippen molar-refractivity contribution in [2.75, 3.05) is 18.1 Å². The Morgan fingerprint density at radius 2 is 2.29 bits per heavy atom. The maximum Gasteiger partial charge on any atom is 0.278 e. The summed E-state index contributed by atoms with van der Waals surface area (Å²) in [6, 6.07) is 2.45. The molecule has 2 aromatic rings. The summed E-state index contributed by atoms with van der Waals surface area (Å²) in [6.45, 7) is 2.09. The normalized spacial score (nSPS) is 20.0. The third-order valence-corrected chi connectivity index (χ3v) is 6.98. The lowest BCUT2D eigenvalue weighted by molar-refractivity contribution is -0.689. The van der Waals surface area contributed by atoms with Gasteiger partial charge in [0.15, 0.2) is 24.1 Å². The standard InChI is InChI=1S/C19H18ClN7O5S2/c1-2-32-24-11(14-23-19(21)34-25-14)15(28)22-12-16(29)27-13(18(30)31)9(8-33-17(12)27)6-26-5-3-4-10(20)7-26/h3-5,7,12,17H,2,6,8H2,1H3,(H3-,21,22,23,25,28,30,31)/t12?,17-/m0/s1. The Morgan fingerprint density at radius 3 is 2.94 bits per heavy atom. The van der Waals surface area contributed by atoms with Gasteiger partial charge in [-0.25, -0.2) is 0 Å². The number of hydrogen-bond donors (Lipinski definition) is 2. The first-order chi connectivity index (χ1) is 16.3. The molecule has 0 spiro atoms. The molecular formula is C19H18ClN7O5S2. The quantitative estimate of drug-likeness (QED) is 0.189. The highest BCUT2D eigenvalue weighted by molar-refractivity contribution is 8.00. The number of aromatic nitrogens is 3. The number of β-lactam (4-membered cyclic amide) rings is 1. The molecule has 2 aliphatic rings. The molecule has 0 saturated carbocycles. The highest BCUT2D eigenvalue weighted by atomic mass is 35.5. The number of anilines is 1. The second kappa shape index (κ2) is 9.95. The molecule has 1 unspecified atom stereocenters. The van der Waals surface area contributed by atoms with E-state index in [1.54, 1.807) is 36.0 Å². The minimum absolute atomic E-state index is 0.0375. The Labute approximate surface area is 206 Å². The van der Waals surface area contributed by atoms with Crippen LogP contribution < -0.4 is 20.7 Å². The molecule has 0 aromatic carbocycles. The fraction of sp³-hybridized carbons (Fsp3) is 0.316. The van der Waals surface area contributed by atoms with Gasteiger partial charge >= 0.3 is 0 Å². The van der Waals surface area contributed by atoms with Gasteiger partial charge in [0.25, 0.3) is 11.8 Å². The van der Waals surface area contributed by atoms with Gasteiger partial charge in [-0.2, -0.15) is 13.9 Å². The van der Waals surface area contributed by atoms with Crippen LogP contribution in [-0.4, -0.2) is 61.5 Å². The van der Waals surface area contributed by atoms with Crippen LogP contribution in [0.3, 0.4) is 0 Å². The maximum atomic E-state index is 12.9. The number of pyridine rings is 1. The summed E-state index contributed by atoms with van der Waals surface area (Å²) in [5, 5.41) is 18.3. The molecule has 1 saturated heterocycles. The first-order valence-corrected chi connectivity index (χ1v) is 12.1. The van der Waals surface area contributed by atoms with Gasteiger partial charge in [0.1, 0.15) is 23.0 Å². The number of nitrogens with one attached hydrogen (secondary N) is 1. The average molecular weight is 524 g/mol. The van der Waals surface area contributed by atoms with Crippen molar-refractivity contribution in [1.29, 1.82) is 0 Å². The summed E-state index contributed by atoms with van der Waals surface area (Å²) in [7, 11) is 0. The molecule has 4 heterocycles. The van der Waals surface area contributed by atoms with Crippen LogP contribution >= 0.6 is 34.9 Å². The molecule has 4 rings (SSSR count). The summed E-state index contributed by atoms with van der Waals surface area (Å²) in [6.07, 6.45) is 3.39. The molecule has 0 aliphatic carbocycles. The molecule has 178 valence electrons. The number of amides is 2. The molecule has 3 N–H and O–H groups in total. The van der Waals surface area contributed by atoms with Crippen molar-refractivity contribution in [2.24, 2.45) is 5.16 Å². The molecule has 15 heteroatoms. The lowest BCUT2D eigenvalue weighted by atomic mass is 10.0. The molecule has 1 fully saturated rings. The number of aliphatic carboxylic acids is 1. The lowest BCUT2D eigenvalue weighted by Gasteiger charge is -2.50. The van der Waals surface area contributed by atoms with Crippen LogP contribution in [0.5, 0.6) is 0 Å². The molecule has 2 aromatic heterocycles. The van der Waals surface area contributed by atoms with Gasteiger partial charge in [-0.15, -0.1) is 11.8 Å². The SMILES string of the molecule is CCON=C(C(=O)NC1C(=O)N2C(C(=O)[O-])=C(C[n+]3cccc(Cl)c3)CS[C@@H]12)c1nsc(N)n1. The van der Waals surface area contributed by atoms with Crippen molar-refractivity contribution in [3.05, 3.63) is 46.6 Å². The molecule has 2 aliphatic heterocycles. The molecule has 12 nitrogen and oxygen atoms in total. The molecule has 0 bridgehead atoms. The minimum Gasteiger partial charge on any atom is -0.543 e. The van der Waals surface area contributed by atoms with Crippen molar-refractivity contribution in [1.82, 2.24) is 19.6 Å². The van der Waals surface area contributed by atoms with Crippen molar-refractivity contribution in [3.8, 4) is 0 Å². The molecule has 2 amide bonds. The highest BCUT2D eigenvalue weighted by Gasteiger charge is 2.53. The van der Waals surface area contributed by atoms with E-state index >= 15 is 0 Å². The van der Waals surface area contributed by atoms with E-state index in [1.165, 1.54) is 11.8 Å². The molecule has 34 heavy (non-hydrogen) atoms. The fourth-order valence-corrected chi connectivity index (χ4v) is 5.42. The Morgan fingerprint density at radius 1 is 1.50 bits per heavy atom. The maximum absolute atomic E-state index is 12.9. The minimum atomic E-state index is -1.47. The van der Waals surface area contributed by atoms with Gasteiger partial charge in [-0.3, -0.25) is 14.5 Å². The monoisotopic (exact) mass is 523 g/mol. The van der Waals surface area contributed by atoms with Gasteiger partial charge in [-0.05, 0) is 13.0 Å². The first-order valence-electron chi connectivity index (χ1n) is 9.93. The summed E-state index contributed by atoms with van der Waals surface area (Å²) >= 11 is 8.21. The van der Waals surface area contributed by atoms with Crippen LogP contribution in [0.1, 0.15) is 12.7 Å². The van der Waals surface area contributed by atoms with Crippen molar-refractivity contribution in [2.45, 2.75) is 24.9 Å². The van der Waals surface area contributed by atoms with Crippen molar-refractivity contribution in [3.63, 3.8) is 0 Å². The van der Waals surface area contributed by atoms with E-state index in [0.29, 0.717) is 16.3 Å². The van der Waals surface area contributed by atoms with E-state index in [-0.39, 0.29) is 35.5 Å². The summed E-state index contributed by atoms with van der Waals surface area (Å²) < 4.78 is 5.68. The zero-order chi connectivity index (χ0) is 24.4. The zero-order valence-electron chi connectivity index (χ0n) is 17.6. The van der Waals surface area contributed by atoms with Crippen LogP contribution in [0.2, 0.25) is 5.02 Å². The van der Waals surface area contributed by atoms with Gasteiger partial charge in [0, 0.05) is 28.9 Å². The smallest absolute Gasteiger partial charge is 0.278 e. The number of carboxylic acid groups (broad SMARTS) is 1. The van der Waals surface area contributed by atoms with Gasteiger partial charge in [0.05, 0.1) is 11.7 Å². The number of fused-ring (bicyclic) bond motifs is 1. The zero-order valence-corrected chi connectivity index (χ0v) is 20.0. The molecule has 2 atom stereocenters.